The summed E-state index contributed by atoms with van der Waals surface area (Å²) in [6.45, 7) is 8.40. The van der Waals surface area contributed by atoms with E-state index >= 15 is 0 Å². The van der Waals surface area contributed by atoms with Crippen molar-refractivity contribution in [3.8, 4) is 0 Å². The molecule has 0 N–H and O–H groups in total. The van der Waals surface area contributed by atoms with Gasteiger partial charge in [0, 0.05) is 12.3 Å². The Bertz CT molecular complexity index is 184. The van der Waals surface area contributed by atoms with Crippen molar-refractivity contribution >= 4 is 7.37 Å². The Kier molecular flexibility index (Phi) is 10.5. The van der Waals surface area contributed by atoms with E-state index in [1.165, 1.54) is 32.1 Å². The third-order valence-corrected chi connectivity index (χ3v) is 5.51. The smallest absolute Gasteiger partial charge is 0.202 e. The standard InChI is InChI=1S/C13H28O2P/c1-4-7-8-9-10-11-12-13-15-16(14,5-2)6-3/h1,4-13H2,2-3H3. The zero-order valence-electron chi connectivity index (χ0n) is 11.0. The van der Waals surface area contributed by atoms with E-state index in [0.29, 0.717) is 18.9 Å². The van der Waals surface area contributed by atoms with E-state index in [1.54, 1.807) is 0 Å². The number of hydrogen-bond donors (Lipinski definition) is 0. The van der Waals surface area contributed by atoms with Crippen molar-refractivity contribution in [1.82, 2.24) is 0 Å². The first kappa shape index (κ1) is 16.2. The van der Waals surface area contributed by atoms with Crippen LogP contribution in [0.3, 0.4) is 0 Å². The Hall–Kier alpha value is 0.190. The summed E-state index contributed by atoms with van der Waals surface area (Å²) in [5.41, 5.74) is 0. The average Bonchev–Trinajstić information content (AvgIpc) is 2.32. The van der Waals surface area contributed by atoms with Crippen LogP contribution in [-0.2, 0) is 9.09 Å². The highest BCUT2D eigenvalue weighted by Crippen LogP contribution is 2.45. The summed E-state index contributed by atoms with van der Waals surface area (Å²) in [6.07, 6.45) is 9.77. The highest BCUT2D eigenvalue weighted by Gasteiger charge is 2.16. The molecule has 0 aromatic rings. The maximum atomic E-state index is 11.9. The number of hydrogen-bond acceptors (Lipinski definition) is 2. The molecule has 0 rings (SSSR count). The molecule has 2 nitrogen and oxygen atoms in total. The van der Waals surface area contributed by atoms with Gasteiger partial charge in [0.05, 0.1) is 6.61 Å². The van der Waals surface area contributed by atoms with Crippen molar-refractivity contribution in [2.75, 3.05) is 18.9 Å². The van der Waals surface area contributed by atoms with Gasteiger partial charge in [-0.1, -0.05) is 59.3 Å². The van der Waals surface area contributed by atoms with Gasteiger partial charge in [-0.25, -0.2) is 0 Å². The molecule has 0 saturated carbocycles. The van der Waals surface area contributed by atoms with Gasteiger partial charge in [-0.05, 0) is 6.42 Å². The Labute approximate surface area is 102 Å². The lowest BCUT2D eigenvalue weighted by Gasteiger charge is -2.14. The quantitative estimate of drug-likeness (QED) is 0.384. The van der Waals surface area contributed by atoms with Crippen LogP contribution in [0.1, 0.15) is 58.8 Å². The zero-order chi connectivity index (χ0) is 12.3. The topological polar surface area (TPSA) is 26.3 Å². The molecule has 1 radical (unpaired) electrons. The molecule has 0 saturated heterocycles. The molecular weight excluding hydrogens is 219 g/mol. The van der Waals surface area contributed by atoms with E-state index in [4.69, 9.17) is 4.52 Å². The lowest BCUT2D eigenvalue weighted by molar-refractivity contribution is 0.302. The van der Waals surface area contributed by atoms with Crippen LogP contribution in [0, 0.1) is 6.92 Å². The third kappa shape index (κ3) is 8.35. The maximum Gasteiger partial charge on any atom is 0.202 e. The summed E-state index contributed by atoms with van der Waals surface area (Å²) in [5.74, 6) is 0. The predicted octanol–water partition coefficient (Wildman–Crippen LogP) is 4.89. The zero-order valence-corrected chi connectivity index (χ0v) is 11.9. The second-order valence-electron chi connectivity index (χ2n) is 4.26. The fraction of sp³-hybridized carbons (Fsp3) is 0.923. The molecule has 3 heteroatoms. The van der Waals surface area contributed by atoms with Crippen LogP contribution in [0.15, 0.2) is 0 Å². The highest BCUT2D eigenvalue weighted by molar-refractivity contribution is 7.58. The van der Waals surface area contributed by atoms with Gasteiger partial charge in [0.25, 0.3) is 0 Å². The molecule has 0 heterocycles. The van der Waals surface area contributed by atoms with E-state index < -0.39 is 7.37 Å². The molecule has 0 aromatic heterocycles. The normalized spacial score (nSPS) is 11.9. The Balaban J connectivity index is 3.29. The van der Waals surface area contributed by atoms with Crippen molar-refractivity contribution in [2.24, 2.45) is 0 Å². The van der Waals surface area contributed by atoms with Crippen LogP contribution in [0.4, 0.5) is 0 Å². The summed E-state index contributed by atoms with van der Waals surface area (Å²) in [6, 6.07) is 0. The maximum absolute atomic E-state index is 11.9. The summed E-state index contributed by atoms with van der Waals surface area (Å²) < 4.78 is 17.4. The fourth-order valence-corrected chi connectivity index (χ4v) is 2.90. The molecular formula is C13H28O2P. The first-order valence-electron chi connectivity index (χ1n) is 6.70. The van der Waals surface area contributed by atoms with E-state index in [9.17, 15) is 4.57 Å². The van der Waals surface area contributed by atoms with Crippen LogP contribution < -0.4 is 0 Å². The highest BCUT2D eigenvalue weighted by atomic mass is 31.2. The van der Waals surface area contributed by atoms with Crippen molar-refractivity contribution in [2.45, 2.75) is 58.8 Å². The minimum absolute atomic E-state index is 0.674. The van der Waals surface area contributed by atoms with E-state index in [0.717, 1.165) is 12.8 Å². The minimum atomic E-state index is -2.26. The Morgan fingerprint density at radius 3 is 1.94 bits per heavy atom. The first-order valence-corrected chi connectivity index (χ1v) is 8.70. The lowest BCUT2D eigenvalue weighted by atomic mass is 10.1. The lowest BCUT2D eigenvalue weighted by Crippen LogP contribution is -1.98. The van der Waals surface area contributed by atoms with Gasteiger partial charge >= 0.3 is 0 Å². The molecule has 0 aliphatic heterocycles. The van der Waals surface area contributed by atoms with Crippen LogP contribution in [0.25, 0.3) is 0 Å². The molecule has 97 valence electrons. The van der Waals surface area contributed by atoms with Gasteiger partial charge < -0.3 is 4.52 Å². The molecule has 0 unspecified atom stereocenters. The van der Waals surface area contributed by atoms with Gasteiger partial charge in [-0.2, -0.15) is 0 Å². The van der Waals surface area contributed by atoms with Crippen LogP contribution in [0.2, 0.25) is 0 Å². The summed E-state index contributed by atoms with van der Waals surface area (Å²) in [5, 5.41) is 0. The van der Waals surface area contributed by atoms with Crippen LogP contribution in [0.5, 0.6) is 0 Å². The molecule has 0 aliphatic rings. The SMILES string of the molecule is [CH2]CCCCCCCCOP(=O)(CC)CC. The van der Waals surface area contributed by atoms with Crippen molar-refractivity contribution in [3.63, 3.8) is 0 Å². The Morgan fingerprint density at radius 1 is 0.938 bits per heavy atom. The molecule has 0 aliphatic carbocycles. The fourth-order valence-electron chi connectivity index (χ4n) is 1.62. The van der Waals surface area contributed by atoms with Crippen molar-refractivity contribution in [3.05, 3.63) is 6.92 Å². The summed E-state index contributed by atoms with van der Waals surface area (Å²) in [7, 11) is -2.26. The van der Waals surface area contributed by atoms with Crippen LogP contribution >= 0.6 is 7.37 Å². The molecule has 0 aromatic carbocycles. The van der Waals surface area contributed by atoms with Gasteiger partial charge in [0.2, 0.25) is 7.37 Å². The van der Waals surface area contributed by atoms with E-state index in [1.807, 2.05) is 13.8 Å². The van der Waals surface area contributed by atoms with E-state index in [2.05, 4.69) is 6.92 Å². The van der Waals surface area contributed by atoms with Crippen molar-refractivity contribution in [1.29, 1.82) is 0 Å². The third-order valence-electron chi connectivity index (χ3n) is 2.93. The monoisotopic (exact) mass is 247 g/mol. The largest absolute Gasteiger partial charge is 0.328 e. The molecule has 16 heavy (non-hydrogen) atoms. The summed E-state index contributed by atoms with van der Waals surface area (Å²) >= 11 is 0. The number of unbranched alkanes of at least 4 members (excludes halogenated alkanes) is 6. The van der Waals surface area contributed by atoms with Gasteiger partial charge in [-0.15, -0.1) is 0 Å². The molecule has 0 fully saturated rings. The second-order valence-corrected chi connectivity index (χ2v) is 7.41. The van der Waals surface area contributed by atoms with Crippen molar-refractivity contribution < 1.29 is 9.09 Å². The van der Waals surface area contributed by atoms with Gasteiger partial charge in [-0.3, -0.25) is 4.57 Å². The molecule has 0 spiro atoms. The van der Waals surface area contributed by atoms with Gasteiger partial charge in [0.15, 0.2) is 0 Å². The van der Waals surface area contributed by atoms with Crippen LogP contribution in [-0.4, -0.2) is 18.9 Å². The molecule has 0 bridgehead atoms. The molecule has 0 amide bonds. The Morgan fingerprint density at radius 2 is 1.44 bits per heavy atom. The first-order chi connectivity index (χ1) is 7.68. The second kappa shape index (κ2) is 10.4. The number of rotatable bonds is 11. The average molecular weight is 247 g/mol. The molecule has 0 atom stereocenters. The van der Waals surface area contributed by atoms with E-state index in [-0.39, 0.29) is 0 Å². The summed E-state index contributed by atoms with van der Waals surface area (Å²) in [4.78, 5) is 0. The predicted molar refractivity (Wildman–Crippen MR) is 72.3 cm³/mol. The van der Waals surface area contributed by atoms with Gasteiger partial charge in [0.1, 0.15) is 0 Å². The minimum Gasteiger partial charge on any atom is -0.328 e.